The molecule has 1 aromatic rings. The third-order valence-electron chi connectivity index (χ3n) is 3.08. The number of amidine groups is 1. The van der Waals surface area contributed by atoms with Crippen LogP contribution in [0.3, 0.4) is 0 Å². The molecule has 0 bridgehead atoms. The number of nitrogens with two attached hydrogens (primary N) is 1. The zero-order chi connectivity index (χ0) is 13.0. The average Bonchev–Trinajstić information content (AvgIpc) is 2.40. The zero-order valence-electron chi connectivity index (χ0n) is 10.9. The van der Waals surface area contributed by atoms with Crippen LogP contribution >= 0.6 is 0 Å². The molecule has 0 saturated carbocycles. The van der Waals surface area contributed by atoms with Gasteiger partial charge >= 0.3 is 0 Å². The predicted molar refractivity (Wildman–Crippen MR) is 74.2 cm³/mol. The summed E-state index contributed by atoms with van der Waals surface area (Å²) in [6.07, 6.45) is 1.77. The van der Waals surface area contributed by atoms with Crippen molar-refractivity contribution in [1.82, 2.24) is 0 Å². The Balaban J connectivity index is 2.40. The molecule has 0 radical (unpaired) electrons. The molecule has 0 saturated heterocycles. The van der Waals surface area contributed by atoms with Gasteiger partial charge in [0.05, 0.1) is 12.3 Å². The largest absolute Gasteiger partial charge is 0.493 e. The van der Waals surface area contributed by atoms with Crippen molar-refractivity contribution < 1.29 is 4.74 Å². The van der Waals surface area contributed by atoms with Crippen molar-refractivity contribution in [3.8, 4) is 5.75 Å². The summed E-state index contributed by atoms with van der Waals surface area (Å²) in [6.45, 7) is 4.77. The van der Waals surface area contributed by atoms with E-state index in [9.17, 15) is 0 Å². The molecule has 18 heavy (non-hydrogen) atoms. The second kappa shape index (κ2) is 5.67. The van der Waals surface area contributed by atoms with Crippen molar-refractivity contribution in [3.05, 3.63) is 29.8 Å². The van der Waals surface area contributed by atoms with Crippen LogP contribution in [0.15, 0.2) is 34.5 Å². The topological polar surface area (TPSA) is 60.0 Å². The minimum absolute atomic E-state index is 0.323. The first-order valence-electron chi connectivity index (χ1n) is 6.38. The summed E-state index contributed by atoms with van der Waals surface area (Å²) in [5.41, 5.74) is 7.76. The van der Waals surface area contributed by atoms with Crippen molar-refractivity contribution in [3.63, 3.8) is 0 Å². The van der Waals surface area contributed by atoms with Gasteiger partial charge in [-0.15, -0.1) is 5.10 Å². The van der Waals surface area contributed by atoms with Crippen LogP contribution in [0.4, 0.5) is 0 Å². The Bertz CT molecular complexity index is 480. The highest BCUT2D eigenvalue weighted by Gasteiger charge is 2.23. The van der Waals surface area contributed by atoms with Crippen LogP contribution in [-0.2, 0) is 0 Å². The lowest BCUT2D eigenvalue weighted by molar-refractivity contribution is 0.339. The van der Waals surface area contributed by atoms with Crippen molar-refractivity contribution in [2.45, 2.75) is 26.7 Å². The lowest BCUT2D eigenvalue weighted by Gasteiger charge is -2.21. The third-order valence-corrected chi connectivity index (χ3v) is 3.08. The Morgan fingerprint density at radius 2 is 2.06 bits per heavy atom. The molecule has 1 unspecified atom stereocenters. The third kappa shape index (κ3) is 2.53. The number of ether oxygens (including phenoxy) is 1. The standard InChI is InChI=1S/C14H19N3O/c1-3-10-9-13(15)16-17-14(10)11-7-5-6-8-12(11)18-4-2/h5-8,10H,3-4,9H2,1-2H3,(H2,15,16). The second-order valence-electron chi connectivity index (χ2n) is 4.32. The number of hydrogen-bond donors (Lipinski definition) is 1. The fraction of sp³-hybridized carbons (Fsp3) is 0.429. The Morgan fingerprint density at radius 1 is 1.28 bits per heavy atom. The van der Waals surface area contributed by atoms with Gasteiger partial charge in [-0.3, -0.25) is 0 Å². The Kier molecular flexibility index (Phi) is 3.97. The summed E-state index contributed by atoms with van der Waals surface area (Å²) in [5, 5.41) is 8.29. The van der Waals surface area contributed by atoms with Crippen LogP contribution in [0.25, 0.3) is 0 Å². The molecular weight excluding hydrogens is 226 g/mol. The molecule has 0 amide bonds. The highest BCUT2D eigenvalue weighted by atomic mass is 16.5. The van der Waals surface area contributed by atoms with E-state index in [1.54, 1.807) is 0 Å². The van der Waals surface area contributed by atoms with E-state index in [-0.39, 0.29) is 0 Å². The molecular formula is C14H19N3O. The lowest BCUT2D eigenvalue weighted by atomic mass is 9.90. The summed E-state index contributed by atoms with van der Waals surface area (Å²) < 4.78 is 5.65. The molecule has 4 heteroatoms. The van der Waals surface area contributed by atoms with Crippen molar-refractivity contribution >= 4 is 11.5 Å². The van der Waals surface area contributed by atoms with E-state index in [1.807, 2.05) is 31.2 Å². The fourth-order valence-electron chi connectivity index (χ4n) is 2.16. The van der Waals surface area contributed by atoms with Gasteiger partial charge in [-0.05, 0) is 25.5 Å². The second-order valence-corrected chi connectivity index (χ2v) is 4.32. The smallest absolute Gasteiger partial charge is 0.128 e. The van der Waals surface area contributed by atoms with Gasteiger partial charge in [0.2, 0.25) is 0 Å². The molecule has 0 spiro atoms. The molecule has 0 aliphatic carbocycles. The average molecular weight is 245 g/mol. The van der Waals surface area contributed by atoms with Gasteiger partial charge in [0.25, 0.3) is 0 Å². The predicted octanol–water partition coefficient (Wildman–Crippen LogP) is 2.58. The number of hydrogen-bond acceptors (Lipinski definition) is 4. The van der Waals surface area contributed by atoms with E-state index in [4.69, 9.17) is 10.5 Å². The maximum Gasteiger partial charge on any atom is 0.128 e. The van der Waals surface area contributed by atoms with Crippen molar-refractivity contribution in [1.29, 1.82) is 0 Å². The normalized spacial score (nSPS) is 19.1. The molecule has 1 aromatic carbocycles. The SMILES string of the molecule is CCOc1ccccc1C1=NN=C(N)CC1CC. The minimum atomic E-state index is 0.323. The maximum absolute atomic E-state index is 5.75. The van der Waals surface area contributed by atoms with E-state index in [2.05, 4.69) is 17.1 Å². The number of benzene rings is 1. The van der Waals surface area contributed by atoms with Gasteiger partial charge < -0.3 is 10.5 Å². The summed E-state index contributed by atoms with van der Waals surface area (Å²) in [4.78, 5) is 0. The van der Waals surface area contributed by atoms with Crippen LogP contribution in [-0.4, -0.2) is 18.2 Å². The Labute approximate surface area is 108 Å². The van der Waals surface area contributed by atoms with Gasteiger partial charge in [-0.2, -0.15) is 5.10 Å². The molecule has 4 nitrogen and oxygen atoms in total. The Hall–Kier alpha value is -1.84. The summed E-state index contributed by atoms with van der Waals surface area (Å²) in [6, 6.07) is 7.96. The molecule has 1 atom stereocenters. The molecule has 1 heterocycles. The van der Waals surface area contributed by atoms with Crippen LogP contribution in [0.2, 0.25) is 0 Å². The molecule has 96 valence electrons. The lowest BCUT2D eigenvalue weighted by Crippen LogP contribution is -2.27. The van der Waals surface area contributed by atoms with E-state index in [1.165, 1.54) is 0 Å². The monoisotopic (exact) mass is 245 g/mol. The quantitative estimate of drug-likeness (QED) is 0.886. The highest BCUT2D eigenvalue weighted by molar-refractivity contribution is 6.07. The first kappa shape index (κ1) is 12.6. The fourth-order valence-corrected chi connectivity index (χ4v) is 2.16. The van der Waals surface area contributed by atoms with Gasteiger partial charge in [0.1, 0.15) is 11.6 Å². The zero-order valence-corrected chi connectivity index (χ0v) is 10.9. The molecule has 1 aliphatic rings. The summed E-state index contributed by atoms with van der Waals surface area (Å²) in [5.74, 6) is 1.80. The first-order valence-corrected chi connectivity index (χ1v) is 6.38. The number of nitrogens with zero attached hydrogens (tertiary/aromatic N) is 2. The van der Waals surface area contributed by atoms with Crippen molar-refractivity contribution in [2.75, 3.05) is 6.61 Å². The molecule has 0 aromatic heterocycles. The number of para-hydroxylation sites is 1. The van der Waals surface area contributed by atoms with Gasteiger partial charge in [-0.1, -0.05) is 19.1 Å². The Morgan fingerprint density at radius 3 is 2.78 bits per heavy atom. The maximum atomic E-state index is 5.75. The van der Waals surface area contributed by atoms with Crippen LogP contribution in [0.1, 0.15) is 32.3 Å². The van der Waals surface area contributed by atoms with E-state index in [0.717, 1.165) is 29.9 Å². The van der Waals surface area contributed by atoms with E-state index < -0.39 is 0 Å². The van der Waals surface area contributed by atoms with Crippen LogP contribution in [0, 0.1) is 5.92 Å². The molecule has 0 fully saturated rings. The van der Waals surface area contributed by atoms with E-state index in [0.29, 0.717) is 18.4 Å². The summed E-state index contributed by atoms with van der Waals surface area (Å²) >= 11 is 0. The molecule has 2 rings (SSSR count). The molecule has 1 aliphatic heterocycles. The van der Waals surface area contributed by atoms with Gasteiger partial charge in [0.15, 0.2) is 0 Å². The number of rotatable bonds is 4. The first-order chi connectivity index (χ1) is 8.76. The van der Waals surface area contributed by atoms with E-state index >= 15 is 0 Å². The minimum Gasteiger partial charge on any atom is -0.493 e. The van der Waals surface area contributed by atoms with Gasteiger partial charge in [0, 0.05) is 17.9 Å². The van der Waals surface area contributed by atoms with Gasteiger partial charge in [-0.25, -0.2) is 0 Å². The van der Waals surface area contributed by atoms with Crippen molar-refractivity contribution in [2.24, 2.45) is 21.9 Å². The molecule has 2 N–H and O–H groups in total. The highest BCUT2D eigenvalue weighted by Crippen LogP contribution is 2.27. The van der Waals surface area contributed by atoms with Crippen LogP contribution < -0.4 is 10.5 Å². The van der Waals surface area contributed by atoms with Crippen LogP contribution in [0.5, 0.6) is 5.75 Å². The summed E-state index contributed by atoms with van der Waals surface area (Å²) in [7, 11) is 0.